The summed E-state index contributed by atoms with van der Waals surface area (Å²) in [5.41, 5.74) is 0.543. The molecule has 11 nitrogen and oxygen atoms in total. The number of aliphatic hydroxyl groups is 1. The van der Waals surface area contributed by atoms with Gasteiger partial charge in [-0.15, -0.1) is 0 Å². The van der Waals surface area contributed by atoms with Gasteiger partial charge in [-0.2, -0.15) is 10.4 Å². The molecule has 0 bridgehead atoms. The van der Waals surface area contributed by atoms with Gasteiger partial charge in [-0.1, -0.05) is 6.42 Å². The van der Waals surface area contributed by atoms with Crippen molar-refractivity contribution in [3.63, 3.8) is 0 Å². The molecular formula is C25H38N8O3S. The van der Waals surface area contributed by atoms with Crippen LogP contribution in [0.3, 0.4) is 0 Å². The average Bonchev–Trinajstić information content (AvgIpc) is 3.31. The number of nitriles is 1. The molecule has 2 N–H and O–H groups in total. The molecule has 2 fully saturated rings. The van der Waals surface area contributed by atoms with Crippen molar-refractivity contribution in [2.75, 3.05) is 43.8 Å². The maximum absolute atomic E-state index is 12.9. The molecule has 2 aromatic rings. The molecule has 37 heavy (non-hydrogen) atoms. The van der Waals surface area contributed by atoms with Crippen LogP contribution in [0.2, 0.25) is 0 Å². The lowest BCUT2D eigenvalue weighted by Crippen LogP contribution is -2.43. The second-order valence-corrected chi connectivity index (χ2v) is 12.8. The molecule has 4 heterocycles. The van der Waals surface area contributed by atoms with Crippen LogP contribution in [0.15, 0.2) is 18.6 Å². The molecule has 0 amide bonds. The summed E-state index contributed by atoms with van der Waals surface area (Å²) >= 11 is 0. The molecule has 0 atom stereocenters. The van der Waals surface area contributed by atoms with Crippen molar-refractivity contribution in [1.29, 1.82) is 5.26 Å². The molecular weight excluding hydrogens is 492 g/mol. The summed E-state index contributed by atoms with van der Waals surface area (Å²) in [5, 5.41) is 27.2. The maximum atomic E-state index is 12.9. The van der Waals surface area contributed by atoms with E-state index in [9.17, 15) is 18.8 Å². The van der Waals surface area contributed by atoms with E-state index in [1.165, 1.54) is 25.5 Å². The van der Waals surface area contributed by atoms with Crippen LogP contribution >= 0.6 is 0 Å². The minimum absolute atomic E-state index is 0.0403. The Morgan fingerprint density at radius 3 is 2.57 bits per heavy atom. The number of rotatable bonds is 10. The summed E-state index contributed by atoms with van der Waals surface area (Å²) in [4.78, 5) is 11.2. The van der Waals surface area contributed by atoms with Crippen LogP contribution in [-0.4, -0.2) is 92.6 Å². The second-order valence-electron chi connectivity index (χ2n) is 10.7. The first-order valence-corrected chi connectivity index (χ1v) is 14.7. The van der Waals surface area contributed by atoms with Gasteiger partial charge in [-0.05, 0) is 65.6 Å². The van der Waals surface area contributed by atoms with E-state index < -0.39 is 15.6 Å². The number of piperidine rings is 2. The second kappa shape index (κ2) is 11.9. The quantitative estimate of drug-likeness (QED) is 0.472. The van der Waals surface area contributed by atoms with Gasteiger partial charge >= 0.3 is 0 Å². The van der Waals surface area contributed by atoms with Gasteiger partial charge in [0.05, 0.1) is 41.5 Å². The minimum atomic E-state index is -3.26. The first-order valence-electron chi connectivity index (χ1n) is 13.1. The highest BCUT2D eigenvalue weighted by molar-refractivity contribution is 7.89. The molecule has 0 unspecified atom stereocenters. The van der Waals surface area contributed by atoms with Crippen molar-refractivity contribution >= 4 is 16.0 Å². The minimum Gasteiger partial charge on any atom is -0.389 e. The number of nitrogens with one attached hydrogen (secondary N) is 1. The predicted octanol–water partition coefficient (Wildman–Crippen LogP) is 2.06. The number of sulfonamides is 1. The van der Waals surface area contributed by atoms with E-state index >= 15 is 0 Å². The number of hydrogen-bond donors (Lipinski definition) is 2. The molecule has 202 valence electrons. The Bertz CT molecular complexity index is 1190. The Morgan fingerprint density at radius 2 is 1.89 bits per heavy atom. The van der Waals surface area contributed by atoms with E-state index in [2.05, 4.69) is 31.4 Å². The number of nitrogens with zero attached hydrogens (tertiary/aromatic N) is 7. The molecule has 0 spiro atoms. The third kappa shape index (κ3) is 7.70. The lowest BCUT2D eigenvalue weighted by molar-refractivity contribution is 0.0577. The highest BCUT2D eigenvalue weighted by atomic mass is 32.2. The van der Waals surface area contributed by atoms with Crippen molar-refractivity contribution in [1.82, 2.24) is 29.0 Å². The van der Waals surface area contributed by atoms with E-state index in [0.717, 1.165) is 19.6 Å². The highest BCUT2D eigenvalue weighted by Gasteiger charge is 2.28. The Labute approximate surface area is 219 Å². The Kier molecular flexibility index (Phi) is 8.79. The SMILES string of the molecule is CC(C)(O)Cn1cc(-c2nc(NC3CCN(S(=O)(=O)CCCN4CCCCC4)CC3)ncc2C#N)cn1. The zero-order chi connectivity index (χ0) is 26.5. The first-order chi connectivity index (χ1) is 17.6. The van der Waals surface area contributed by atoms with E-state index in [-0.39, 0.29) is 11.8 Å². The normalized spacial score (nSPS) is 18.5. The number of hydrogen-bond acceptors (Lipinski definition) is 9. The van der Waals surface area contributed by atoms with Crippen molar-refractivity contribution in [3.8, 4) is 17.3 Å². The van der Waals surface area contributed by atoms with Gasteiger partial charge in [0, 0.05) is 30.9 Å². The Hall–Kier alpha value is -2.59. The third-order valence-corrected chi connectivity index (χ3v) is 8.83. The smallest absolute Gasteiger partial charge is 0.223 e. The zero-order valence-electron chi connectivity index (χ0n) is 21.8. The molecule has 0 aromatic carbocycles. The van der Waals surface area contributed by atoms with Gasteiger partial charge in [-0.3, -0.25) is 4.68 Å². The third-order valence-electron chi connectivity index (χ3n) is 6.87. The van der Waals surface area contributed by atoms with Crippen LogP contribution in [-0.2, 0) is 16.6 Å². The first kappa shape index (κ1) is 27.4. The Balaban J connectivity index is 1.32. The molecule has 2 saturated heterocycles. The number of aromatic nitrogens is 4. The number of likely N-dealkylation sites (tertiary alicyclic amines) is 1. The van der Waals surface area contributed by atoms with Crippen molar-refractivity contribution in [2.45, 2.75) is 70.6 Å². The van der Waals surface area contributed by atoms with Gasteiger partial charge in [0.2, 0.25) is 16.0 Å². The summed E-state index contributed by atoms with van der Waals surface area (Å²) in [6.07, 6.45) is 10.6. The molecule has 2 aliphatic rings. The molecule has 4 rings (SSSR count). The van der Waals surface area contributed by atoms with Crippen LogP contribution in [0.25, 0.3) is 11.3 Å². The highest BCUT2D eigenvalue weighted by Crippen LogP contribution is 2.24. The van der Waals surface area contributed by atoms with E-state index in [0.29, 0.717) is 61.7 Å². The predicted molar refractivity (Wildman–Crippen MR) is 141 cm³/mol. The maximum Gasteiger partial charge on any atom is 0.223 e. The summed E-state index contributed by atoms with van der Waals surface area (Å²) in [6, 6.07) is 2.17. The standard InChI is InChI=1S/C25H38N8O3S/c1-25(2,34)19-32-18-21(17-28-32)23-20(15-26)16-27-24(30-23)29-22-7-12-33(13-8-22)37(35,36)14-6-11-31-9-4-3-5-10-31/h16-18,22,34H,3-14,19H2,1-2H3,(H,27,29,30). The van der Waals surface area contributed by atoms with E-state index in [1.54, 1.807) is 35.2 Å². The van der Waals surface area contributed by atoms with Gasteiger partial charge in [0.15, 0.2) is 0 Å². The zero-order valence-corrected chi connectivity index (χ0v) is 22.6. The lowest BCUT2D eigenvalue weighted by atomic mass is 10.1. The van der Waals surface area contributed by atoms with Crippen molar-refractivity contribution in [3.05, 3.63) is 24.2 Å². The monoisotopic (exact) mass is 530 g/mol. The summed E-state index contributed by atoms with van der Waals surface area (Å²) in [5.74, 6) is 0.595. The number of anilines is 1. The summed E-state index contributed by atoms with van der Waals surface area (Å²) < 4.78 is 29.0. The van der Waals surface area contributed by atoms with Gasteiger partial charge in [0.25, 0.3) is 0 Å². The Morgan fingerprint density at radius 1 is 1.16 bits per heavy atom. The van der Waals surface area contributed by atoms with Crippen molar-refractivity contribution < 1.29 is 13.5 Å². The molecule has 0 radical (unpaired) electrons. The molecule has 0 saturated carbocycles. The molecule has 2 aliphatic heterocycles. The summed E-state index contributed by atoms with van der Waals surface area (Å²) in [7, 11) is -3.26. The van der Waals surface area contributed by atoms with Gasteiger partial charge in [-0.25, -0.2) is 22.7 Å². The van der Waals surface area contributed by atoms with Crippen LogP contribution in [0.5, 0.6) is 0 Å². The fourth-order valence-corrected chi connectivity index (χ4v) is 6.48. The fourth-order valence-electron chi connectivity index (χ4n) is 4.97. The van der Waals surface area contributed by atoms with E-state index in [4.69, 9.17) is 0 Å². The van der Waals surface area contributed by atoms with Crippen molar-refractivity contribution in [2.24, 2.45) is 0 Å². The molecule has 2 aromatic heterocycles. The van der Waals surface area contributed by atoms with E-state index in [1.807, 2.05) is 0 Å². The van der Waals surface area contributed by atoms with Crippen LogP contribution < -0.4 is 5.32 Å². The van der Waals surface area contributed by atoms with Crippen LogP contribution in [0.4, 0.5) is 5.95 Å². The summed E-state index contributed by atoms with van der Waals surface area (Å²) in [6.45, 7) is 7.67. The van der Waals surface area contributed by atoms with Gasteiger partial charge in [0.1, 0.15) is 6.07 Å². The topological polar surface area (TPSA) is 140 Å². The average molecular weight is 531 g/mol. The van der Waals surface area contributed by atoms with Gasteiger partial charge < -0.3 is 15.3 Å². The lowest BCUT2D eigenvalue weighted by Gasteiger charge is -2.32. The molecule has 12 heteroatoms. The van der Waals surface area contributed by atoms with Crippen LogP contribution in [0, 0.1) is 11.3 Å². The van der Waals surface area contributed by atoms with Crippen LogP contribution in [0.1, 0.15) is 57.9 Å². The molecule has 0 aliphatic carbocycles. The fraction of sp³-hybridized carbons (Fsp3) is 0.680. The largest absolute Gasteiger partial charge is 0.389 e.